The molecule has 3 rings (SSSR count). The fourth-order valence-corrected chi connectivity index (χ4v) is 2.61. The number of benzene rings is 3. The molecule has 0 N–H and O–H groups in total. The van der Waals surface area contributed by atoms with Crippen LogP contribution in [0.4, 0.5) is 0 Å². The number of carbonyl (C=O) groups excluding carboxylic acids is 6. The zero-order chi connectivity index (χ0) is 26.9. The van der Waals surface area contributed by atoms with Crippen molar-refractivity contribution in [2.75, 3.05) is 0 Å². The third-order valence-electron chi connectivity index (χ3n) is 4.18. The maximum absolute atomic E-state index is 11.2. The zero-order valence-electron chi connectivity index (χ0n) is 20.9. The Morgan fingerprint density at radius 2 is 0.595 bits per heavy atom. The molecule has 0 atom stereocenters. The number of Topliss-reactive ketones (excluding diaryl/α,β-unsaturated/α-hetero) is 6. The standard InChI is InChI=1S/3C10H9O2.In/c3*1-8(11)7-10(12)9-5-3-2-4-6-9;/h3*2-7H,1H3;/q3*-1;+3. The zero-order valence-corrected chi connectivity index (χ0v) is 24.2. The van der Waals surface area contributed by atoms with Gasteiger partial charge in [-0.3, -0.25) is 0 Å². The van der Waals surface area contributed by atoms with Crippen molar-refractivity contribution in [1.29, 1.82) is 0 Å². The first-order chi connectivity index (χ1) is 17.1. The number of rotatable bonds is 9. The maximum Gasteiger partial charge on any atom is 3.00 e. The van der Waals surface area contributed by atoms with Crippen LogP contribution in [0.5, 0.6) is 0 Å². The van der Waals surface area contributed by atoms with E-state index in [4.69, 9.17) is 0 Å². The van der Waals surface area contributed by atoms with Crippen LogP contribution in [-0.2, 0) is 14.4 Å². The molecule has 3 aromatic rings. The molecular weight excluding hydrogens is 571 g/mol. The Kier molecular flexibility index (Phi) is 16.5. The summed E-state index contributed by atoms with van der Waals surface area (Å²) in [6, 6.07) is 26.2. The molecule has 186 valence electrons. The van der Waals surface area contributed by atoms with Crippen molar-refractivity contribution in [2.45, 2.75) is 20.8 Å². The van der Waals surface area contributed by atoms with Gasteiger partial charge in [0.25, 0.3) is 0 Å². The average molecular weight is 598 g/mol. The van der Waals surface area contributed by atoms with Crippen LogP contribution < -0.4 is 0 Å². The summed E-state index contributed by atoms with van der Waals surface area (Å²) in [6.07, 6.45) is 3.28. The van der Waals surface area contributed by atoms with Gasteiger partial charge in [-0.2, -0.15) is 0 Å². The molecule has 0 unspecified atom stereocenters. The average Bonchev–Trinajstić information content (AvgIpc) is 2.85. The Morgan fingerprint density at radius 3 is 0.757 bits per heavy atom. The first-order valence-electron chi connectivity index (χ1n) is 10.9. The van der Waals surface area contributed by atoms with E-state index in [1.165, 1.54) is 20.8 Å². The number of ketones is 6. The van der Waals surface area contributed by atoms with Crippen LogP contribution in [0.25, 0.3) is 0 Å². The van der Waals surface area contributed by atoms with Crippen molar-refractivity contribution in [3.05, 3.63) is 127 Å². The van der Waals surface area contributed by atoms with Crippen LogP contribution in [0, 0.1) is 19.3 Å². The quantitative estimate of drug-likeness (QED) is 0.203. The monoisotopic (exact) mass is 598 g/mol. The van der Waals surface area contributed by atoms with Crippen molar-refractivity contribution in [1.82, 2.24) is 0 Å². The summed E-state index contributed by atoms with van der Waals surface area (Å²) in [5.74, 6) is -1.36. The maximum atomic E-state index is 11.2. The van der Waals surface area contributed by atoms with Gasteiger partial charge in [-0.25, -0.2) is 0 Å². The van der Waals surface area contributed by atoms with Gasteiger partial charge in [0, 0.05) is 17.3 Å². The van der Waals surface area contributed by atoms with E-state index in [1.54, 1.807) is 72.8 Å². The van der Waals surface area contributed by atoms with Crippen LogP contribution in [0.15, 0.2) is 91.0 Å². The summed E-state index contributed by atoms with van der Waals surface area (Å²) in [6.45, 7) is 4.09. The number of carbonyl (C=O) groups is 6. The third kappa shape index (κ3) is 15.0. The number of hydrogen-bond acceptors (Lipinski definition) is 6. The molecule has 0 amide bonds. The minimum absolute atomic E-state index is 0. The largest absolute Gasteiger partial charge is 3.00 e. The molecule has 0 fully saturated rings. The topological polar surface area (TPSA) is 102 Å². The fourth-order valence-electron chi connectivity index (χ4n) is 2.61. The van der Waals surface area contributed by atoms with Crippen molar-refractivity contribution in [3.63, 3.8) is 0 Å². The van der Waals surface area contributed by atoms with E-state index in [2.05, 4.69) is 0 Å². The van der Waals surface area contributed by atoms with Gasteiger partial charge in [0.15, 0.2) is 0 Å². The second-order valence-corrected chi connectivity index (χ2v) is 7.46. The Labute approximate surface area is 236 Å². The molecule has 0 heterocycles. The summed E-state index contributed by atoms with van der Waals surface area (Å²) in [5, 5.41) is 0. The first kappa shape index (κ1) is 33.2. The molecule has 0 aromatic heterocycles. The van der Waals surface area contributed by atoms with E-state index in [9.17, 15) is 28.8 Å². The third-order valence-corrected chi connectivity index (χ3v) is 4.18. The molecule has 3 aromatic carbocycles. The van der Waals surface area contributed by atoms with E-state index in [0.717, 1.165) is 19.3 Å². The minimum Gasteiger partial charge on any atom is -0.331 e. The fraction of sp³-hybridized carbons (Fsp3) is 0.100. The van der Waals surface area contributed by atoms with Gasteiger partial charge in [0.05, 0.1) is 17.3 Å². The summed E-state index contributed by atoms with van der Waals surface area (Å²) in [4.78, 5) is 65.2. The second kappa shape index (κ2) is 18.4. The number of hydrogen-bond donors (Lipinski definition) is 0. The van der Waals surface area contributed by atoms with E-state index < -0.39 is 0 Å². The molecule has 0 bridgehead atoms. The SMILES string of the molecule is CC(=O)[CH-]C(=O)c1ccccc1.CC(=O)[CH-]C(=O)c1ccccc1.CC(=O)[CH-]C(=O)c1ccccc1.[In+3]. The predicted octanol–water partition coefficient (Wildman–Crippen LogP) is 4.61. The Morgan fingerprint density at radius 1 is 0.405 bits per heavy atom. The van der Waals surface area contributed by atoms with Crippen LogP contribution >= 0.6 is 0 Å². The van der Waals surface area contributed by atoms with Crippen LogP contribution in [-0.4, -0.2) is 60.5 Å². The Hall–Kier alpha value is -3.84. The van der Waals surface area contributed by atoms with E-state index in [0.29, 0.717) is 16.7 Å². The van der Waals surface area contributed by atoms with Gasteiger partial charge in [-0.05, 0) is 20.8 Å². The van der Waals surface area contributed by atoms with Crippen molar-refractivity contribution < 1.29 is 28.8 Å². The van der Waals surface area contributed by atoms with Gasteiger partial charge in [-0.1, -0.05) is 54.6 Å². The molecule has 6 nitrogen and oxygen atoms in total. The second-order valence-electron chi connectivity index (χ2n) is 7.46. The molecule has 0 aliphatic rings. The van der Waals surface area contributed by atoms with Gasteiger partial charge in [0.1, 0.15) is 0 Å². The molecule has 7 heteroatoms. The van der Waals surface area contributed by atoms with E-state index in [-0.39, 0.29) is 60.5 Å². The first-order valence-corrected chi connectivity index (χ1v) is 10.9. The minimum atomic E-state index is -0.233. The Balaban J connectivity index is 0.000000518. The summed E-state index contributed by atoms with van der Waals surface area (Å²) >= 11 is 0. The summed E-state index contributed by atoms with van der Waals surface area (Å²) in [5.41, 5.74) is 1.65. The molecule has 0 radical (unpaired) electrons. The molecule has 0 aliphatic heterocycles. The van der Waals surface area contributed by atoms with Crippen LogP contribution in [0.2, 0.25) is 0 Å². The normalized spacial score (nSPS) is 8.84. The summed E-state index contributed by atoms with van der Waals surface area (Å²) in [7, 11) is 0. The van der Waals surface area contributed by atoms with Crippen LogP contribution in [0.3, 0.4) is 0 Å². The molecule has 37 heavy (non-hydrogen) atoms. The molecule has 0 aliphatic carbocycles. The van der Waals surface area contributed by atoms with Crippen LogP contribution in [0.1, 0.15) is 51.8 Å². The summed E-state index contributed by atoms with van der Waals surface area (Å²) < 4.78 is 0. The molecule has 0 spiro atoms. The van der Waals surface area contributed by atoms with Gasteiger partial charge >= 0.3 is 25.8 Å². The van der Waals surface area contributed by atoms with Crippen molar-refractivity contribution >= 4 is 60.5 Å². The van der Waals surface area contributed by atoms with Crippen molar-refractivity contribution in [2.24, 2.45) is 0 Å². The van der Waals surface area contributed by atoms with Gasteiger partial charge < -0.3 is 28.8 Å². The van der Waals surface area contributed by atoms with Gasteiger partial charge in [0.2, 0.25) is 0 Å². The van der Waals surface area contributed by atoms with E-state index in [1.807, 2.05) is 18.2 Å². The van der Waals surface area contributed by atoms with E-state index >= 15 is 0 Å². The molecule has 0 saturated heterocycles. The Bertz CT molecular complexity index is 1020. The molecule has 0 saturated carbocycles. The predicted molar refractivity (Wildman–Crippen MR) is 143 cm³/mol. The smallest absolute Gasteiger partial charge is 0.331 e. The molecular formula is C30H27InO6. The van der Waals surface area contributed by atoms with Crippen molar-refractivity contribution in [3.8, 4) is 0 Å². The van der Waals surface area contributed by atoms with Gasteiger partial charge in [-0.15, -0.1) is 72.4 Å².